The zero-order valence-electron chi connectivity index (χ0n) is 24.2. The van der Waals surface area contributed by atoms with Crippen LogP contribution in [0.3, 0.4) is 0 Å². The average molecular weight is 611 g/mol. The molecule has 2 aromatic carbocycles. The second-order valence-corrected chi connectivity index (χ2v) is 10.7. The molecule has 2 unspecified atom stereocenters. The van der Waals surface area contributed by atoms with Gasteiger partial charge in [-0.05, 0) is 42.7 Å². The lowest BCUT2D eigenvalue weighted by atomic mass is 10.0. The Hall–Kier alpha value is -5.20. The fourth-order valence-electron chi connectivity index (χ4n) is 5.53. The molecule has 6 rings (SSSR count). The van der Waals surface area contributed by atoms with Crippen LogP contribution in [0.5, 0.6) is 0 Å². The molecule has 45 heavy (non-hydrogen) atoms. The number of nitrogens with one attached hydrogen (secondary N) is 2. The molecule has 12 nitrogen and oxygen atoms in total. The normalized spacial score (nSPS) is 17.0. The molecule has 0 spiro atoms. The maximum atomic E-state index is 13.2. The van der Waals surface area contributed by atoms with Crippen molar-refractivity contribution in [1.29, 1.82) is 0 Å². The average Bonchev–Trinajstić information content (AvgIpc) is 3.58. The van der Waals surface area contributed by atoms with E-state index >= 15 is 0 Å². The molecule has 2 aliphatic heterocycles. The van der Waals surface area contributed by atoms with Gasteiger partial charge in [-0.1, -0.05) is 36.4 Å². The molecule has 230 valence electrons. The van der Waals surface area contributed by atoms with Crippen LogP contribution in [-0.2, 0) is 30.5 Å². The van der Waals surface area contributed by atoms with E-state index in [1.165, 1.54) is 6.07 Å². The number of benzene rings is 2. The van der Waals surface area contributed by atoms with E-state index in [1.54, 1.807) is 30.6 Å². The summed E-state index contributed by atoms with van der Waals surface area (Å²) in [7, 11) is 0. The van der Waals surface area contributed by atoms with Crippen LogP contribution in [0, 0.1) is 0 Å². The number of nitrogens with zero attached hydrogens (tertiary/aromatic N) is 2. The number of amides is 5. The van der Waals surface area contributed by atoms with Crippen molar-refractivity contribution in [3.63, 3.8) is 0 Å². The van der Waals surface area contributed by atoms with Crippen LogP contribution in [-0.4, -0.2) is 65.3 Å². The van der Waals surface area contributed by atoms with Crippen LogP contribution in [0.4, 0.5) is 0 Å². The fourth-order valence-corrected chi connectivity index (χ4v) is 5.53. The first kappa shape index (κ1) is 29.9. The number of piperidine rings is 1. The van der Waals surface area contributed by atoms with E-state index in [2.05, 4.69) is 15.6 Å². The van der Waals surface area contributed by atoms with Gasteiger partial charge in [-0.3, -0.25) is 39.2 Å². The number of carbonyl (C=O) groups is 5. The third-order valence-corrected chi connectivity index (χ3v) is 7.67. The molecule has 4 heterocycles. The molecule has 2 N–H and O–H groups in total. The molecular weight excluding hydrogens is 580 g/mol. The molecule has 5 amide bonds. The summed E-state index contributed by atoms with van der Waals surface area (Å²) < 4.78 is 17.3. The Labute approximate surface area is 257 Å². The fraction of sp³-hybridized carbons (Fsp3) is 0.273. The molecule has 0 radical (unpaired) electrons. The smallest absolute Gasteiger partial charge is 0.262 e. The minimum Gasteiger partial charge on any atom is -0.459 e. The van der Waals surface area contributed by atoms with Gasteiger partial charge in [0, 0.05) is 43.0 Å². The Morgan fingerprint density at radius 2 is 1.87 bits per heavy atom. The minimum absolute atomic E-state index is 0.0515. The molecule has 12 heteroatoms. The molecular formula is C33H30N4O8. The first-order chi connectivity index (χ1) is 21.9. The molecule has 0 saturated carbocycles. The number of hydrogen-bond donors (Lipinski definition) is 2. The Balaban J connectivity index is 0.978. The largest absolute Gasteiger partial charge is 0.459 e. The van der Waals surface area contributed by atoms with Gasteiger partial charge in [0.25, 0.3) is 11.8 Å². The lowest BCUT2D eigenvalue weighted by Gasteiger charge is -2.27. The molecule has 0 aliphatic carbocycles. The van der Waals surface area contributed by atoms with Gasteiger partial charge in [-0.2, -0.15) is 0 Å². The van der Waals surface area contributed by atoms with E-state index < -0.39 is 35.7 Å². The molecule has 2 aliphatic rings. The van der Waals surface area contributed by atoms with Crippen LogP contribution in [0.2, 0.25) is 0 Å². The van der Waals surface area contributed by atoms with Gasteiger partial charge in [-0.15, -0.1) is 0 Å². The molecule has 1 fully saturated rings. The molecule has 4 aromatic rings. The Bertz CT molecular complexity index is 1740. The quantitative estimate of drug-likeness (QED) is 0.182. The summed E-state index contributed by atoms with van der Waals surface area (Å²) in [6.07, 6.45) is 3.95. The summed E-state index contributed by atoms with van der Waals surface area (Å²) in [5.74, 6) is -1.97. The summed E-state index contributed by atoms with van der Waals surface area (Å²) in [4.78, 5) is 68.0. The number of imide groups is 2. The van der Waals surface area contributed by atoms with Crippen LogP contribution < -0.4 is 10.6 Å². The maximum absolute atomic E-state index is 13.2. The molecule has 0 bridgehead atoms. The van der Waals surface area contributed by atoms with Crippen molar-refractivity contribution in [2.24, 2.45) is 0 Å². The van der Waals surface area contributed by atoms with Crippen molar-refractivity contribution in [1.82, 2.24) is 20.5 Å². The maximum Gasteiger partial charge on any atom is 0.262 e. The summed E-state index contributed by atoms with van der Waals surface area (Å²) >= 11 is 0. The van der Waals surface area contributed by atoms with Crippen molar-refractivity contribution >= 4 is 40.5 Å². The first-order valence-electron chi connectivity index (χ1n) is 14.6. The van der Waals surface area contributed by atoms with Crippen molar-refractivity contribution in [3.05, 3.63) is 101 Å². The first-order valence-corrected chi connectivity index (χ1v) is 14.6. The number of aromatic nitrogens is 1. The van der Waals surface area contributed by atoms with Gasteiger partial charge < -0.3 is 19.2 Å². The van der Waals surface area contributed by atoms with Crippen molar-refractivity contribution in [2.45, 2.75) is 38.0 Å². The summed E-state index contributed by atoms with van der Waals surface area (Å²) in [6.45, 7) is 0.428. The van der Waals surface area contributed by atoms with E-state index in [0.717, 1.165) is 21.4 Å². The van der Waals surface area contributed by atoms with E-state index in [9.17, 15) is 24.0 Å². The number of rotatable bonds is 12. The summed E-state index contributed by atoms with van der Waals surface area (Å²) in [5, 5.41) is 6.08. The van der Waals surface area contributed by atoms with Gasteiger partial charge in [0.2, 0.25) is 17.7 Å². The van der Waals surface area contributed by atoms with Crippen LogP contribution >= 0.6 is 0 Å². The zero-order chi connectivity index (χ0) is 31.3. The monoisotopic (exact) mass is 610 g/mol. The SMILES string of the molecule is O=C1CCC(N2C(=O)c3cccc(COCCCOCC(=O)NC(c4cccnc4)c4cc5ccccc5o4)c3C2=O)C(=O)N1. The number of fused-ring (bicyclic) bond motifs is 2. The highest BCUT2D eigenvalue weighted by molar-refractivity contribution is 6.24. The number of carbonyl (C=O) groups excluding carboxylic acids is 5. The van der Waals surface area contributed by atoms with E-state index in [4.69, 9.17) is 13.9 Å². The van der Waals surface area contributed by atoms with Gasteiger partial charge in [-0.25, -0.2) is 0 Å². The van der Waals surface area contributed by atoms with Crippen molar-refractivity contribution in [2.75, 3.05) is 19.8 Å². The Morgan fingerprint density at radius 1 is 1.02 bits per heavy atom. The lowest BCUT2D eigenvalue weighted by Crippen LogP contribution is -2.54. The number of hydrogen-bond acceptors (Lipinski definition) is 9. The van der Waals surface area contributed by atoms with Crippen LogP contribution in [0.25, 0.3) is 11.0 Å². The Morgan fingerprint density at radius 3 is 2.67 bits per heavy atom. The van der Waals surface area contributed by atoms with Crippen LogP contribution in [0.15, 0.2) is 77.5 Å². The third kappa shape index (κ3) is 6.37. The molecule has 2 atom stereocenters. The molecule has 1 saturated heterocycles. The predicted octanol–water partition coefficient (Wildman–Crippen LogP) is 3.06. The van der Waals surface area contributed by atoms with Crippen molar-refractivity contribution in [3.8, 4) is 0 Å². The Kier molecular flexibility index (Phi) is 8.76. The van der Waals surface area contributed by atoms with E-state index in [0.29, 0.717) is 17.7 Å². The minimum atomic E-state index is -1.03. The highest BCUT2D eigenvalue weighted by Gasteiger charge is 2.45. The lowest BCUT2D eigenvalue weighted by molar-refractivity contribution is -0.136. The van der Waals surface area contributed by atoms with E-state index in [-0.39, 0.29) is 56.3 Å². The van der Waals surface area contributed by atoms with Crippen molar-refractivity contribution < 1.29 is 37.9 Å². The topological polar surface area (TPSA) is 157 Å². The summed E-state index contributed by atoms with van der Waals surface area (Å²) in [6, 6.07) is 16.5. The van der Waals surface area contributed by atoms with Crippen LogP contribution in [0.1, 0.15) is 62.9 Å². The predicted molar refractivity (Wildman–Crippen MR) is 159 cm³/mol. The zero-order valence-corrected chi connectivity index (χ0v) is 24.2. The molecule has 2 aromatic heterocycles. The van der Waals surface area contributed by atoms with Gasteiger partial charge >= 0.3 is 0 Å². The standard InChI is InChI=1S/C33H30N4O8/c38-27-12-11-24(31(40)36-27)37-32(41)23-9-3-7-22(29(23)33(37)42)18-43-14-5-15-44-19-28(39)35-30(21-8-4-13-34-17-21)26-16-20-6-1-2-10-25(20)45-26/h1-4,6-10,13,16-17,24,30H,5,11-12,14-15,18-19H2,(H,35,39)(H,36,38,40). The van der Waals surface area contributed by atoms with Gasteiger partial charge in [0.1, 0.15) is 30.0 Å². The highest BCUT2D eigenvalue weighted by atomic mass is 16.5. The van der Waals surface area contributed by atoms with Gasteiger partial charge in [0.15, 0.2) is 0 Å². The van der Waals surface area contributed by atoms with E-state index in [1.807, 2.05) is 36.4 Å². The third-order valence-electron chi connectivity index (χ3n) is 7.67. The number of para-hydroxylation sites is 1. The number of pyridine rings is 1. The second kappa shape index (κ2) is 13.2. The number of furan rings is 1. The highest BCUT2D eigenvalue weighted by Crippen LogP contribution is 2.31. The second-order valence-electron chi connectivity index (χ2n) is 10.7. The van der Waals surface area contributed by atoms with Gasteiger partial charge in [0.05, 0.1) is 17.7 Å². The number of ether oxygens (including phenoxy) is 2. The summed E-state index contributed by atoms with van der Waals surface area (Å²) in [5.41, 5.74) is 2.41.